The molecule has 0 fully saturated rings. The number of hydrogen-bond acceptors (Lipinski definition) is 2. The fourth-order valence-corrected chi connectivity index (χ4v) is 0.158. The molecule has 0 aromatic rings. The van der Waals surface area contributed by atoms with Gasteiger partial charge in [-0.15, -0.1) is 24.8 Å². The average Bonchev–Trinajstić information content (AvgIpc) is 1.75. The molecular weight excluding hydrogens is 202 g/mol. The summed E-state index contributed by atoms with van der Waals surface area (Å²) < 4.78 is 8.19. The van der Waals surface area contributed by atoms with E-state index in [9.17, 15) is 0 Å². The standard InChI is InChI=1S/C4H10O.2ClH.O.V/c1-2-3-4-5;;;;/h5H,2-4H2,1H3;2*1H;;. The van der Waals surface area contributed by atoms with Crippen molar-refractivity contribution in [1.82, 2.24) is 0 Å². The zero-order valence-electron chi connectivity index (χ0n) is 5.24. The van der Waals surface area contributed by atoms with Gasteiger partial charge in [-0.3, -0.25) is 0 Å². The Bertz CT molecular complexity index is 30.5. The molecule has 1 N–H and O–H groups in total. The summed E-state index contributed by atoms with van der Waals surface area (Å²) in [6, 6.07) is 0. The first-order valence-electron chi connectivity index (χ1n) is 2.21. The van der Waals surface area contributed by atoms with Gasteiger partial charge in [-0.05, 0) is 6.42 Å². The predicted molar refractivity (Wildman–Crippen MR) is 37.2 cm³/mol. The van der Waals surface area contributed by atoms with E-state index in [1.54, 1.807) is 0 Å². The van der Waals surface area contributed by atoms with Gasteiger partial charge in [0.1, 0.15) is 0 Å². The molecule has 0 aromatic heterocycles. The fourth-order valence-electron chi connectivity index (χ4n) is 0.158. The average molecular weight is 214 g/mol. The molecule has 0 spiro atoms. The molecule has 0 unspecified atom stereocenters. The van der Waals surface area contributed by atoms with E-state index in [4.69, 9.17) is 8.78 Å². The van der Waals surface area contributed by atoms with E-state index in [1.807, 2.05) is 0 Å². The summed E-state index contributed by atoms with van der Waals surface area (Å²) in [5.74, 6) is 0. The van der Waals surface area contributed by atoms with Crippen LogP contribution < -0.4 is 0 Å². The normalized spacial score (nSPS) is 5.00. The monoisotopic (exact) mass is 213 g/mol. The molecule has 0 aliphatic rings. The maximum atomic E-state index is 8.19. The van der Waals surface area contributed by atoms with E-state index in [1.165, 1.54) is 0 Å². The van der Waals surface area contributed by atoms with Crippen molar-refractivity contribution in [3.8, 4) is 0 Å². The van der Waals surface area contributed by atoms with Gasteiger partial charge in [0.05, 0.1) is 0 Å². The number of aliphatic hydroxyl groups excluding tert-OH is 1. The van der Waals surface area contributed by atoms with E-state index >= 15 is 0 Å². The van der Waals surface area contributed by atoms with Crippen molar-refractivity contribution in [3.05, 3.63) is 0 Å². The molecule has 0 atom stereocenters. The molecule has 5 heteroatoms. The second-order valence-corrected chi connectivity index (χ2v) is 1.08. The molecule has 0 aliphatic carbocycles. The third-order valence-corrected chi connectivity index (χ3v) is 0.512. The molecule has 0 saturated carbocycles. The zero-order chi connectivity index (χ0) is 6.12. The third kappa shape index (κ3) is 50.0. The van der Waals surface area contributed by atoms with Crippen molar-refractivity contribution in [2.75, 3.05) is 6.61 Å². The first kappa shape index (κ1) is 22.5. The van der Waals surface area contributed by atoms with Gasteiger partial charge in [-0.1, -0.05) is 13.3 Å². The Morgan fingerprint density at radius 1 is 1.33 bits per heavy atom. The van der Waals surface area contributed by atoms with Crippen LogP contribution in [-0.2, 0) is 21.0 Å². The van der Waals surface area contributed by atoms with Crippen molar-refractivity contribution in [2.24, 2.45) is 0 Å². The minimum atomic E-state index is 0. The van der Waals surface area contributed by atoms with Crippen LogP contribution in [0.2, 0.25) is 0 Å². The van der Waals surface area contributed by atoms with E-state index in [0.29, 0.717) is 6.61 Å². The van der Waals surface area contributed by atoms with Crippen molar-refractivity contribution in [2.45, 2.75) is 19.8 Å². The van der Waals surface area contributed by atoms with Crippen LogP contribution in [0, 0.1) is 0 Å². The summed E-state index contributed by atoms with van der Waals surface area (Å²) in [7, 11) is 0. The summed E-state index contributed by atoms with van der Waals surface area (Å²) in [6.07, 6.45) is 2.04. The third-order valence-electron chi connectivity index (χ3n) is 0.512. The Hall–Kier alpha value is 0.924. The number of rotatable bonds is 2. The van der Waals surface area contributed by atoms with E-state index in [2.05, 4.69) is 6.92 Å². The molecule has 0 aliphatic heterocycles. The summed E-state index contributed by atoms with van der Waals surface area (Å²) in [5.41, 5.74) is 0. The molecule has 0 saturated heterocycles. The van der Waals surface area contributed by atoms with Crippen LogP contribution in [0.15, 0.2) is 0 Å². The Morgan fingerprint density at radius 3 is 1.67 bits per heavy atom. The molecular formula is C4H12Cl2O2V. The van der Waals surface area contributed by atoms with Gasteiger partial charge in [0.25, 0.3) is 0 Å². The molecule has 0 bridgehead atoms. The second-order valence-electron chi connectivity index (χ2n) is 1.08. The van der Waals surface area contributed by atoms with Gasteiger partial charge in [-0.2, -0.15) is 0 Å². The fraction of sp³-hybridized carbons (Fsp3) is 1.00. The van der Waals surface area contributed by atoms with Crippen LogP contribution >= 0.6 is 24.8 Å². The van der Waals surface area contributed by atoms with Crippen molar-refractivity contribution >= 4 is 24.8 Å². The van der Waals surface area contributed by atoms with Crippen molar-refractivity contribution < 1.29 is 26.1 Å². The maximum absolute atomic E-state index is 8.19. The number of aliphatic hydroxyl groups is 1. The van der Waals surface area contributed by atoms with Gasteiger partial charge in [0, 0.05) is 6.61 Å². The van der Waals surface area contributed by atoms with Crippen LogP contribution in [0.25, 0.3) is 0 Å². The minimum absolute atomic E-state index is 0. The van der Waals surface area contributed by atoms with Gasteiger partial charge in [-0.25, -0.2) is 0 Å². The van der Waals surface area contributed by atoms with Gasteiger partial charge in [0.15, 0.2) is 0 Å². The van der Waals surface area contributed by atoms with Crippen molar-refractivity contribution in [3.63, 3.8) is 0 Å². The molecule has 0 heterocycles. The molecule has 0 radical (unpaired) electrons. The summed E-state index contributed by atoms with van der Waals surface area (Å²) in [4.78, 5) is 0. The van der Waals surface area contributed by atoms with Crippen LogP contribution in [0.4, 0.5) is 0 Å². The van der Waals surface area contributed by atoms with Crippen LogP contribution in [0.5, 0.6) is 0 Å². The first-order chi connectivity index (χ1) is 3.41. The molecule has 59 valence electrons. The number of halogens is 2. The zero-order valence-corrected chi connectivity index (χ0v) is 8.27. The quantitative estimate of drug-likeness (QED) is 0.756. The number of hydrogen-bond donors (Lipinski definition) is 1. The molecule has 0 aromatic carbocycles. The summed E-state index contributed by atoms with van der Waals surface area (Å²) in [5, 5.41) is 8.07. The summed E-state index contributed by atoms with van der Waals surface area (Å²) >= 11 is 1.06. The van der Waals surface area contributed by atoms with Crippen LogP contribution in [-0.4, -0.2) is 11.7 Å². The van der Waals surface area contributed by atoms with Crippen molar-refractivity contribution in [1.29, 1.82) is 0 Å². The molecule has 9 heavy (non-hydrogen) atoms. The van der Waals surface area contributed by atoms with Crippen LogP contribution in [0.3, 0.4) is 0 Å². The van der Waals surface area contributed by atoms with E-state index in [-0.39, 0.29) is 24.8 Å². The molecule has 2 nitrogen and oxygen atoms in total. The Balaban J connectivity index is -0.0000000286. The molecule has 0 amide bonds. The SMILES string of the molecule is CCCCO.Cl.Cl.[O]=[V]. The summed E-state index contributed by atoms with van der Waals surface area (Å²) in [6.45, 7) is 2.40. The van der Waals surface area contributed by atoms with E-state index in [0.717, 1.165) is 30.2 Å². The Labute approximate surface area is 77.4 Å². The predicted octanol–water partition coefficient (Wildman–Crippen LogP) is 1.50. The van der Waals surface area contributed by atoms with Gasteiger partial charge in [0.2, 0.25) is 0 Å². The van der Waals surface area contributed by atoms with Gasteiger partial charge < -0.3 is 5.11 Å². The topological polar surface area (TPSA) is 37.3 Å². The van der Waals surface area contributed by atoms with Crippen LogP contribution in [0.1, 0.15) is 19.8 Å². The second kappa shape index (κ2) is 36.4. The number of unbranched alkanes of at least 4 members (excludes halogenated alkanes) is 1. The van der Waals surface area contributed by atoms with E-state index < -0.39 is 0 Å². The Morgan fingerprint density at radius 2 is 1.67 bits per heavy atom. The molecule has 0 rings (SSSR count). The van der Waals surface area contributed by atoms with Gasteiger partial charge >= 0.3 is 21.0 Å². The first-order valence-corrected chi connectivity index (χ1v) is 2.78. The Kier molecular flexibility index (Phi) is 91.1.